The number of rotatable bonds is 7. The molecule has 0 unspecified atom stereocenters. The second-order valence-electron chi connectivity index (χ2n) is 7.98. The minimum Gasteiger partial charge on any atom is -0.380 e. The second kappa shape index (κ2) is 8.47. The molecule has 0 saturated heterocycles. The minimum absolute atomic E-state index is 0.239. The van der Waals surface area contributed by atoms with Gasteiger partial charge in [-0.3, -0.25) is 13.9 Å². The molecular formula is C22H29N5O3. The molecule has 1 aliphatic rings. The number of hydrogen-bond donors (Lipinski definition) is 0. The summed E-state index contributed by atoms with van der Waals surface area (Å²) in [5.74, 6) is 1.15. The Kier molecular flexibility index (Phi) is 5.76. The highest BCUT2D eigenvalue weighted by Crippen LogP contribution is 2.26. The van der Waals surface area contributed by atoms with Crippen LogP contribution in [-0.2, 0) is 31.3 Å². The highest BCUT2D eigenvalue weighted by molar-refractivity contribution is 5.75. The van der Waals surface area contributed by atoms with Crippen molar-refractivity contribution in [3.63, 3.8) is 0 Å². The lowest BCUT2D eigenvalue weighted by Crippen LogP contribution is -2.42. The zero-order valence-electron chi connectivity index (χ0n) is 17.9. The first kappa shape index (κ1) is 20.4. The summed E-state index contributed by atoms with van der Waals surface area (Å²) < 4.78 is 10.1. The van der Waals surface area contributed by atoms with E-state index in [1.54, 1.807) is 7.05 Å². The van der Waals surface area contributed by atoms with Gasteiger partial charge in [0.15, 0.2) is 11.2 Å². The lowest BCUT2D eigenvalue weighted by Gasteiger charge is -2.33. The van der Waals surface area contributed by atoms with Crippen molar-refractivity contribution in [2.75, 3.05) is 31.2 Å². The molecule has 3 heterocycles. The first-order valence-electron chi connectivity index (χ1n) is 10.6. The standard InChI is InChI=1S/C22H29N5O3/c1-4-30-13-12-26-20(28)18-19(24(3)22(26)29)23-21-25(14-16(2)15-27(18)21)11-10-17-8-6-5-7-9-17/h5-9,16H,4,10-15H2,1-3H3/t16-/m0/s1. The largest absolute Gasteiger partial charge is 0.380 e. The van der Waals surface area contributed by atoms with Gasteiger partial charge in [-0.05, 0) is 24.8 Å². The molecule has 160 valence electrons. The average Bonchev–Trinajstić information content (AvgIpc) is 3.13. The van der Waals surface area contributed by atoms with Gasteiger partial charge in [-0.2, -0.15) is 4.98 Å². The Labute approximate surface area is 175 Å². The van der Waals surface area contributed by atoms with Gasteiger partial charge in [-0.15, -0.1) is 0 Å². The summed E-state index contributed by atoms with van der Waals surface area (Å²) in [5, 5.41) is 0. The number of fused-ring (bicyclic) bond motifs is 3. The van der Waals surface area contributed by atoms with Gasteiger partial charge in [0.1, 0.15) is 0 Å². The molecule has 8 heteroatoms. The summed E-state index contributed by atoms with van der Waals surface area (Å²) >= 11 is 0. The molecule has 0 radical (unpaired) electrons. The van der Waals surface area contributed by atoms with Gasteiger partial charge in [-0.25, -0.2) is 4.79 Å². The third-order valence-corrected chi connectivity index (χ3v) is 5.70. The van der Waals surface area contributed by atoms with E-state index in [-0.39, 0.29) is 17.8 Å². The van der Waals surface area contributed by atoms with Gasteiger partial charge < -0.3 is 14.2 Å². The van der Waals surface area contributed by atoms with Crippen molar-refractivity contribution >= 4 is 17.1 Å². The summed E-state index contributed by atoms with van der Waals surface area (Å²) in [7, 11) is 1.68. The minimum atomic E-state index is -0.355. The molecule has 0 saturated carbocycles. The first-order valence-corrected chi connectivity index (χ1v) is 10.6. The lowest BCUT2D eigenvalue weighted by molar-refractivity contribution is 0.137. The van der Waals surface area contributed by atoms with E-state index in [0.717, 1.165) is 25.5 Å². The van der Waals surface area contributed by atoms with Crippen molar-refractivity contribution in [3.8, 4) is 0 Å². The van der Waals surface area contributed by atoms with Crippen molar-refractivity contribution < 1.29 is 4.74 Å². The van der Waals surface area contributed by atoms with Gasteiger partial charge in [0.25, 0.3) is 5.56 Å². The van der Waals surface area contributed by atoms with Crippen LogP contribution in [0, 0.1) is 5.92 Å². The summed E-state index contributed by atoms with van der Waals surface area (Å²) in [6.07, 6.45) is 0.897. The van der Waals surface area contributed by atoms with Crippen molar-refractivity contribution in [1.29, 1.82) is 0 Å². The van der Waals surface area contributed by atoms with E-state index in [1.807, 2.05) is 29.7 Å². The fourth-order valence-corrected chi connectivity index (χ4v) is 4.20. The predicted molar refractivity (Wildman–Crippen MR) is 117 cm³/mol. The fourth-order valence-electron chi connectivity index (χ4n) is 4.20. The summed E-state index contributed by atoms with van der Waals surface area (Å²) in [4.78, 5) is 33.0. The number of imidazole rings is 1. The van der Waals surface area contributed by atoms with Crippen LogP contribution >= 0.6 is 0 Å². The highest BCUT2D eigenvalue weighted by Gasteiger charge is 2.28. The third kappa shape index (κ3) is 3.67. The molecule has 2 aromatic heterocycles. The zero-order chi connectivity index (χ0) is 21.3. The van der Waals surface area contributed by atoms with Crippen LogP contribution in [0.4, 0.5) is 5.95 Å². The van der Waals surface area contributed by atoms with E-state index >= 15 is 0 Å². The number of aromatic nitrogens is 4. The van der Waals surface area contributed by atoms with Crippen LogP contribution in [0.1, 0.15) is 19.4 Å². The smallest absolute Gasteiger partial charge is 0.332 e. The molecule has 30 heavy (non-hydrogen) atoms. The van der Waals surface area contributed by atoms with E-state index in [2.05, 4.69) is 24.0 Å². The fraction of sp³-hybridized carbons (Fsp3) is 0.500. The summed E-state index contributed by atoms with van der Waals surface area (Å²) in [6, 6.07) is 10.4. The number of hydrogen-bond acceptors (Lipinski definition) is 5. The van der Waals surface area contributed by atoms with Gasteiger partial charge in [0, 0.05) is 33.3 Å². The van der Waals surface area contributed by atoms with Gasteiger partial charge in [0.05, 0.1) is 13.2 Å². The number of benzene rings is 1. The van der Waals surface area contributed by atoms with Crippen LogP contribution in [0.15, 0.2) is 39.9 Å². The molecule has 1 aliphatic heterocycles. The molecule has 8 nitrogen and oxygen atoms in total. The van der Waals surface area contributed by atoms with Crippen molar-refractivity contribution in [2.45, 2.75) is 33.4 Å². The molecule has 0 aliphatic carbocycles. The van der Waals surface area contributed by atoms with Gasteiger partial charge in [0.2, 0.25) is 5.95 Å². The van der Waals surface area contributed by atoms with Crippen LogP contribution < -0.4 is 16.1 Å². The SMILES string of the molecule is CCOCCn1c(=O)c2c(nc3n2C[C@@H](C)CN3CCc2ccccc2)n(C)c1=O. The summed E-state index contributed by atoms with van der Waals surface area (Å²) in [5.41, 5.74) is 1.57. The molecular weight excluding hydrogens is 382 g/mol. The summed E-state index contributed by atoms with van der Waals surface area (Å²) in [6.45, 7) is 7.59. The highest BCUT2D eigenvalue weighted by atomic mass is 16.5. The molecule has 0 fully saturated rings. The maximum atomic E-state index is 13.2. The average molecular weight is 412 g/mol. The topological polar surface area (TPSA) is 74.3 Å². The first-order chi connectivity index (χ1) is 14.5. The van der Waals surface area contributed by atoms with Crippen LogP contribution in [0.25, 0.3) is 11.2 Å². The molecule has 0 spiro atoms. The third-order valence-electron chi connectivity index (χ3n) is 5.70. The van der Waals surface area contributed by atoms with E-state index < -0.39 is 0 Å². The number of ether oxygens (including phenoxy) is 1. The number of nitrogens with zero attached hydrogens (tertiary/aromatic N) is 5. The van der Waals surface area contributed by atoms with Crippen LogP contribution in [0.2, 0.25) is 0 Å². The quantitative estimate of drug-likeness (QED) is 0.553. The molecule has 1 aromatic carbocycles. The Bertz CT molecular complexity index is 1150. The molecule has 1 atom stereocenters. The molecule has 0 N–H and O–H groups in total. The van der Waals surface area contributed by atoms with Crippen molar-refractivity contribution in [2.24, 2.45) is 13.0 Å². The zero-order valence-corrected chi connectivity index (χ0v) is 17.9. The van der Waals surface area contributed by atoms with Crippen LogP contribution in [-0.4, -0.2) is 45.0 Å². The van der Waals surface area contributed by atoms with E-state index in [1.165, 1.54) is 14.7 Å². The van der Waals surface area contributed by atoms with Crippen LogP contribution in [0.5, 0.6) is 0 Å². The maximum absolute atomic E-state index is 13.2. The van der Waals surface area contributed by atoms with E-state index in [9.17, 15) is 9.59 Å². The van der Waals surface area contributed by atoms with Gasteiger partial charge in [-0.1, -0.05) is 37.3 Å². The monoisotopic (exact) mass is 411 g/mol. The van der Waals surface area contributed by atoms with Crippen molar-refractivity contribution in [3.05, 3.63) is 56.7 Å². The van der Waals surface area contributed by atoms with E-state index in [4.69, 9.17) is 9.72 Å². The number of anilines is 1. The maximum Gasteiger partial charge on any atom is 0.332 e. The Morgan fingerprint density at radius 2 is 1.90 bits per heavy atom. The Morgan fingerprint density at radius 1 is 1.13 bits per heavy atom. The predicted octanol–water partition coefficient (Wildman–Crippen LogP) is 1.63. The lowest BCUT2D eigenvalue weighted by atomic mass is 10.1. The Hall–Kier alpha value is -2.87. The normalized spacial score (nSPS) is 16.2. The molecule has 3 aromatic rings. The van der Waals surface area contributed by atoms with Gasteiger partial charge >= 0.3 is 5.69 Å². The molecule has 0 bridgehead atoms. The Morgan fingerprint density at radius 3 is 2.63 bits per heavy atom. The Balaban J connectivity index is 1.75. The molecule has 0 amide bonds. The number of aryl methyl sites for hydroxylation is 1. The van der Waals surface area contributed by atoms with Crippen LogP contribution in [0.3, 0.4) is 0 Å². The van der Waals surface area contributed by atoms with E-state index in [0.29, 0.717) is 36.8 Å². The second-order valence-corrected chi connectivity index (χ2v) is 7.98. The van der Waals surface area contributed by atoms with Crippen molar-refractivity contribution in [1.82, 2.24) is 18.7 Å². The molecule has 4 rings (SSSR count).